The molecule has 1 aliphatic heterocycles. The van der Waals surface area contributed by atoms with Crippen molar-refractivity contribution in [1.29, 1.82) is 0 Å². The summed E-state index contributed by atoms with van der Waals surface area (Å²) in [4.78, 5) is 15.0. The largest absolute Gasteiger partial charge is 0.493 e. The zero-order valence-electron chi connectivity index (χ0n) is 19.9. The van der Waals surface area contributed by atoms with Gasteiger partial charge < -0.3 is 24.4 Å². The van der Waals surface area contributed by atoms with Crippen molar-refractivity contribution in [3.8, 4) is 28.6 Å². The number of aromatic nitrogens is 2. The molecule has 3 aromatic carbocycles. The van der Waals surface area contributed by atoms with Gasteiger partial charge in [0.1, 0.15) is 0 Å². The number of nitrogens with one attached hydrogen (secondary N) is 1. The van der Waals surface area contributed by atoms with Crippen molar-refractivity contribution < 1.29 is 19.0 Å². The van der Waals surface area contributed by atoms with Crippen LogP contribution in [0.4, 0.5) is 11.4 Å². The van der Waals surface area contributed by atoms with Gasteiger partial charge in [0.25, 0.3) is 5.91 Å². The maximum Gasteiger partial charge on any atom is 0.255 e. The molecule has 1 aromatic heterocycles. The van der Waals surface area contributed by atoms with Gasteiger partial charge >= 0.3 is 0 Å². The topological polar surface area (TPSA) is 85.8 Å². The molecule has 4 aromatic rings. The molecule has 1 amide bonds. The van der Waals surface area contributed by atoms with Gasteiger partial charge in [-0.15, -0.1) is 10.2 Å². The van der Waals surface area contributed by atoms with Gasteiger partial charge in [0, 0.05) is 41.7 Å². The highest BCUT2D eigenvalue weighted by Crippen LogP contribution is 2.30. The zero-order chi connectivity index (χ0) is 24.7. The van der Waals surface area contributed by atoms with Crippen LogP contribution in [0.15, 0.2) is 84.9 Å². The van der Waals surface area contributed by atoms with E-state index in [4.69, 9.17) is 14.2 Å². The third-order valence-electron chi connectivity index (χ3n) is 5.87. The van der Waals surface area contributed by atoms with E-state index in [2.05, 4.69) is 20.4 Å². The molecule has 1 N–H and O–H groups in total. The Morgan fingerprint density at radius 3 is 2.25 bits per heavy atom. The predicted molar refractivity (Wildman–Crippen MR) is 138 cm³/mol. The maximum atomic E-state index is 12.7. The fourth-order valence-corrected chi connectivity index (χ4v) is 3.92. The lowest BCUT2D eigenvalue weighted by atomic mass is 10.1. The average molecular weight is 483 g/mol. The van der Waals surface area contributed by atoms with Gasteiger partial charge in [0.05, 0.1) is 26.0 Å². The quantitative estimate of drug-likeness (QED) is 0.395. The van der Waals surface area contributed by atoms with Crippen LogP contribution in [0.2, 0.25) is 0 Å². The van der Waals surface area contributed by atoms with Gasteiger partial charge in [-0.3, -0.25) is 4.79 Å². The van der Waals surface area contributed by atoms with E-state index in [0.717, 1.165) is 43.2 Å². The lowest BCUT2D eigenvalue weighted by molar-refractivity contribution is 0.102. The van der Waals surface area contributed by atoms with Crippen LogP contribution in [0, 0.1) is 0 Å². The van der Waals surface area contributed by atoms with Gasteiger partial charge in [-0.05, 0) is 54.6 Å². The third-order valence-corrected chi connectivity index (χ3v) is 5.87. The van der Waals surface area contributed by atoms with E-state index in [9.17, 15) is 4.79 Å². The average Bonchev–Trinajstić information content (AvgIpc) is 2.95. The van der Waals surface area contributed by atoms with Crippen LogP contribution in [0.3, 0.4) is 0 Å². The number of amides is 1. The Kier molecular flexibility index (Phi) is 7.05. The smallest absolute Gasteiger partial charge is 0.255 e. The van der Waals surface area contributed by atoms with Crippen molar-refractivity contribution in [1.82, 2.24) is 10.2 Å². The Hall–Kier alpha value is -4.43. The molecular formula is C28H26N4O4. The molecule has 182 valence electrons. The molecule has 0 spiro atoms. The van der Waals surface area contributed by atoms with Crippen LogP contribution in [0.25, 0.3) is 11.3 Å². The molecule has 0 saturated carbocycles. The zero-order valence-corrected chi connectivity index (χ0v) is 19.9. The number of carbonyl (C=O) groups excluding carboxylic acids is 1. The Balaban J connectivity index is 1.20. The second-order valence-corrected chi connectivity index (χ2v) is 8.19. The summed E-state index contributed by atoms with van der Waals surface area (Å²) in [5, 5.41) is 11.4. The summed E-state index contributed by atoms with van der Waals surface area (Å²) in [7, 11) is 1.59. The van der Waals surface area contributed by atoms with Crippen LogP contribution in [0.1, 0.15) is 10.4 Å². The number of ether oxygens (including phenoxy) is 3. The van der Waals surface area contributed by atoms with Crippen LogP contribution in [0.5, 0.6) is 17.4 Å². The molecule has 5 rings (SSSR count). The summed E-state index contributed by atoms with van der Waals surface area (Å²) in [5.41, 5.74) is 3.95. The Bertz CT molecular complexity index is 1300. The van der Waals surface area contributed by atoms with E-state index in [1.54, 1.807) is 31.4 Å². The molecular weight excluding hydrogens is 456 g/mol. The molecule has 0 bridgehead atoms. The van der Waals surface area contributed by atoms with Crippen molar-refractivity contribution in [2.24, 2.45) is 0 Å². The minimum absolute atomic E-state index is 0.174. The standard InChI is InChI=1S/C28H26N4O4/c1-34-25-4-2-3-5-26(25)36-27-15-14-24(30-31-27)20-6-8-21(9-7-20)28(33)29-22-10-12-23(13-11-22)32-16-18-35-19-17-32/h2-15H,16-19H2,1H3,(H,29,33). The van der Waals surface area contributed by atoms with Gasteiger partial charge in [-0.2, -0.15) is 0 Å². The summed E-state index contributed by atoms with van der Waals surface area (Å²) in [6, 6.07) is 26.0. The number of anilines is 2. The first-order chi connectivity index (χ1) is 17.7. The first-order valence-corrected chi connectivity index (χ1v) is 11.7. The minimum atomic E-state index is -0.174. The van der Waals surface area contributed by atoms with Crippen molar-refractivity contribution in [2.45, 2.75) is 0 Å². The second kappa shape index (κ2) is 10.9. The maximum absolute atomic E-state index is 12.7. The summed E-state index contributed by atoms with van der Waals surface area (Å²) in [6.07, 6.45) is 0. The van der Waals surface area contributed by atoms with Gasteiger partial charge in [0.15, 0.2) is 11.5 Å². The van der Waals surface area contributed by atoms with Gasteiger partial charge in [0.2, 0.25) is 5.88 Å². The van der Waals surface area contributed by atoms with Crippen molar-refractivity contribution in [3.05, 3.63) is 90.5 Å². The SMILES string of the molecule is COc1ccccc1Oc1ccc(-c2ccc(C(=O)Nc3ccc(N4CCOCC4)cc3)cc2)nn1. The normalized spacial score (nSPS) is 13.2. The molecule has 36 heavy (non-hydrogen) atoms. The first-order valence-electron chi connectivity index (χ1n) is 11.7. The van der Waals surface area contributed by atoms with Crippen LogP contribution in [-0.2, 0) is 4.74 Å². The molecule has 8 nitrogen and oxygen atoms in total. The number of morpholine rings is 1. The van der Waals surface area contributed by atoms with Crippen LogP contribution >= 0.6 is 0 Å². The molecule has 0 unspecified atom stereocenters. The van der Waals surface area contributed by atoms with Crippen molar-refractivity contribution in [2.75, 3.05) is 43.6 Å². The molecule has 1 saturated heterocycles. The van der Waals surface area contributed by atoms with Crippen LogP contribution in [-0.4, -0.2) is 49.5 Å². The number of methoxy groups -OCH3 is 1. The number of rotatable bonds is 7. The van der Waals surface area contributed by atoms with Crippen molar-refractivity contribution in [3.63, 3.8) is 0 Å². The van der Waals surface area contributed by atoms with Crippen molar-refractivity contribution >= 4 is 17.3 Å². The predicted octanol–water partition coefficient (Wildman–Crippen LogP) is 5.03. The molecule has 0 radical (unpaired) electrons. The van der Waals surface area contributed by atoms with Crippen LogP contribution < -0.4 is 19.7 Å². The van der Waals surface area contributed by atoms with E-state index in [-0.39, 0.29) is 5.91 Å². The molecule has 8 heteroatoms. The minimum Gasteiger partial charge on any atom is -0.493 e. The number of benzene rings is 3. The fraction of sp³-hybridized carbons (Fsp3) is 0.179. The number of para-hydroxylation sites is 2. The molecule has 2 heterocycles. The summed E-state index contributed by atoms with van der Waals surface area (Å²) >= 11 is 0. The summed E-state index contributed by atoms with van der Waals surface area (Å²) in [6.45, 7) is 3.22. The highest BCUT2D eigenvalue weighted by Gasteiger charge is 2.12. The second-order valence-electron chi connectivity index (χ2n) is 8.19. The molecule has 0 aliphatic carbocycles. The monoisotopic (exact) mass is 482 g/mol. The van der Waals surface area contributed by atoms with E-state index in [1.807, 2.05) is 60.7 Å². The fourth-order valence-electron chi connectivity index (χ4n) is 3.92. The summed E-state index contributed by atoms with van der Waals surface area (Å²) in [5.74, 6) is 1.37. The Morgan fingerprint density at radius 1 is 0.861 bits per heavy atom. The van der Waals surface area contributed by atoms with Gasteiger partial charge in [-0.25, -0.2) is 0 Å². The number of carbonyl (C=O) groups is 1. The summed E-state index contributed by atoms with van der Waals surface area (Å²) < 4.78 is 16.5. The lowest BCUT2D eigenvalue weighted by Gasteiger charge is -2.28. The molecule has 1 fully saturated rings. The Morgan fingerprint density at radius 2 is 1.58 bits per heavy atom. The number of hydrogen-bond acceptors (Lipinski definition) is 7. The highest BCUT2D eigenvalue weighted by molar-refractivity contribution is 6.04. The number of hydrogen-bond donors (Lipinski definition) is 1. The molecule has 1 aliphatic rings. The number of nitrogens with zero attached hydrogens (tertiary/aromatic N) is 3. The first kappa shape index (κ1) is 23.3. The van der Waals surface area contributed by atoms with E-state index < -0.39 is 0 Å². The molecule has 0 atom stereocenters. The lowest BCUT2D eigenvalue weighted by Crippen LogP contribution is -2.36. The van der Waals surface area contributed by atoms with E-state index >= 15 is 0 Å². The highest BCUT2D eigenvalue weighted by atomic mass is 16.5. The Labute approximate surface area is 209 Å². The van der Waals surface area contributed by atoms with E-state index in [0.29, 0.717) is 28.6 Å². The van der Waals surface area contributed by atoms with Gasteiger partial charge in [-0.1, -0.05) is 24.3 Å². The van der Waals surface area contributed by atoms with E-state index in [1.165, 1.54) is 0 Å². The third kappa shape index (κ3) is 5.45.